The molecule has 0 spiro atoms. The Bertz CT molecular complexity index is 1360. The number of hydrogen-bond donors (Lipinski definition) is 2. The van der Waals surface area contributed by atoms with E-state index in [1.165, 1.54) is 12.8 Å². The van der Waals surface area contributed by atoms with Gasteiger partial charge in [0, 0.05) is 70.5 Å². The number of piperidine rings is 1. The van der Waals surface area contributed by atoms with E-state index in [0.717, 1.165) is 59.9 Å². The Hall–Kier alpha value is -3.79. The molecule has 3 heterocycles. The fourth-order valence-electron chi connectivity index (χ4n) is 6.87. The molecule has 4 aliphatic rings. The van der Waals surface area contributed by atoms with Crippen LogP contribution in [0.25, 0.3) is 0 Å². The number of hydrogen-bond acceptors (Lipinski definition) is 6. The highest BCUT2D eigenvalue weighted by Crippen LogP contribution is 2.30. The molecule has 244 valence electrons. The molecule has 0 radical (unpaired) electrons. The van der Waals surface area contributed by atoms with E-state index in [9.17, 15) is 19.5 Å². The second-order valence-corrected chi connectivity index (χ2v) is 13.0. The van der Waals surface area contributed by atoms with E-state index in [1.54, 1.807) is 4.90 Å². The second-order valence-electron chi connectivity index (χ2n) is 13.0. The summed E-state index contributed by atoms with van der Waals surface area (Å²) in [6.07, 6.45) is 3.50. The maximum Gasteiger partial charge on any atom is 0.410 e. The number of rotatable bonds is 7. The van der Waals surface area contributed by atoms with Crippen molar-refractivity contribution in [2.24, 2.45) is 5.92 Å². The Morgan fingerprint density at radius 2 is 1.60 bits per heavy atom. The molecule has 45 heavy (non-hydrogen) atoms. The van der Waals surface area contributed by atoms with Gasteiger partial charge >= 0.3 is 12.1 Å². The van der Waals surface area contributed by atoms with Crippen LogP contribution in [0, 0.1) is 19.8 Å². The number of aromatic hydroxyl groups is 1. The van der Waals surface area contributed by atoms with Gasteiger partial charge in [-0.3, -0.25) is 9.69 Å². The number of likely N-dealkylation sites (tertiary alicyclic amines) is 1. The van der Waals surface area contributed by atoms with Crippen molar-refractivity contribution in [3.8, 4) is 5.75 Å². The number of carbonyl (C=O) groups is 3. The molecule has 0 aromatic heterocycles. The van der Waals surface area contributed by atoms with Crippen LogP contribution in [-0.4, -0.2) is 107 Å². The molecular weight excluding hydrogens is 570 g/mol. The Morgan fingerprint density at radius 1 is 0.933 bits per heavy atom. The van der Waals surface area contributed by atoms with Gasteiger partial charge in [-0.2, -0.15) is 0 Å². The van der Waals surface area contributed by atoms with Gasteiger partial charge in [0.15, 0.2) is 6.10 Å². The summed E-state index contributed by atoms with van der Waals surface area (Å²) in [4.78, 5) is 48.2. The van der Waals surface area contributed by atoms with Crippen molar-refractivity contribution in [1.29, 1.82) is 0 Å². The fourth-order valence-corrected chi connectivity index (χ4v) is 6.87. The maximum absolute atomic E-state index is 13.8. The number of amides is 4. The lowest BCUT2D eigenvalue weighted by molar-refractivity contribution is -0.142. The molecule has 1 aliphatic carbocycles. The van der Waals surface area contributed by atoms with Crippen LogP contribution < -0.4 is 5.32 Å². The molecule has 6 rings (SSSR count). The number of carbonyl (C=O) groups excluding carboxylic acids is 3. The molecule has 2 aromatic rings. The number of phenols is 1. The molecule has 3 aliphatic heterocycles. The van der Waals surface area contributed by atoms with Crippen molar-refractivity contribution in [2.45, 2.75) is 71.9 Å². The van der Waals surface area contributed by atoms with E-state index in [1.807, 2.05) is 60.0 Å². The van der Waals surface area contributed by atoms with Gasteiger partial charge in [-0.1, -0.05) is 37.8 Å². The van der Waals surface area contributed by atoms with Crippen molar-refractivity contribution in [2.75, 3.05) is 57.7 Å². The van der Waals surface area contributed by atoms with Crippen molar-refractivity contribution in [1.82, 2.24) is 19.6 Å². The zero-order chi connectivity index (χ0) is 30.8. The Morgan fingerprint density at radius 3 is 2.27 bits per heavy atom. The summed E-state index contributed by atoms with van der Waals surface area (Å²) in [5, 5.41) is 13.3. The minimum Gasteiger partial charge on any atom is -0.507 e. The molecule has 10 nitrogen and oxygen atoms in total. The van der Waals surface area contributed by atoms with E-state index >= 15 is 0 Å². The first-order chi connectivity index (χ1) is 21.2. The first-order valence-electron chi connectivity index (χ1n) is 16.2. The minimum atomic E-state index is -0.951. The summed E-state index contributed by atoms with van der Waals surface area (Å²) in [7, 11) is 0. The average molecular weight is 620 g/mol. The van der Waals surface area contributed by atoms with Crippen LogP contribution in [0.1, 0.15) is 55.4 Å². The SMILES string of the molecule is C.Cc1cc(C[C@@H](OC(=O)N2CCC(N3CCc4ccccc4NC3=O)CC2)C(=O)N2CCN(CC3CC3)CC2)cc(C)c1O. The Labute approximate surface area is 267 Å². The predicted octanol–water partition coefficient (Wildman–Crippen LogP) is 4.80. The topological polar surface area (TPSA) is 106 Å². The summed E-state index contributed by atoms with van der Waals surface area (Å²) < 4.78 is 6.01. The summed E-state index contributed by atoms with van der Waals surface area (Å²) in [6.45, 7) is 9.24. The monoisotopic (exact) mass is 619 g/mol. The maximum atomic E-state index is 13.8. The van der Waals surface area contributed by atoms with Gasteiger partial charge in [0.25, 0.3) is 5.91 Å². The van der Waals surface area contributed by atoms with E-state index in [-0.39, 0.29) is 37.6 Å². The number of anilines is 1. The fraction of sp³-hybridized carbons (Fsp3) is 0.571. The third-order valence-electron chi connectivity index (χ3n) is 9.69. The highest BCUT2D eigenvalue weighted by molar-refractivity contribution is 5.91. The van der Waals surface area contributed by atoms with E-state index in [0.29, 0.717) is 45.6 Å². The number of aryl methyl sites for hydroxylation is 2. The molecule has 10 heteroatoms. The molecule has 1 saturated carbocycles. The highest BCUT2D eigenvalue weighted by Gasteiger charge is 2.36. The molecule has 3 fully saturated rings. The minimum absolute atomic E-state index is 0. The van der Waals surface area contributed by atoms with Gasteiger partial charge in [-0.05, 0) is 80.2 Å². The van der Waals surface area contributed by atoms with E-state index in [4.69, 9.17) is 4.74 Å². The second kappa shape index (κ2) is 14.1. The number of fused-ring (bicyclic) bond motifs is 1. The summed E-state index contributed by atoms with van der Waals surface area (Å²) >= 11 is 0. The first-order valence-corrected chi connectivity index (χ1v) is 16.2. The number of nitrogens with one attached hydrogen (secondary N) is 1. The van der Waals surface area contributed by atoms with Gasteiger partial charge in [0.1, 0.15) is 5.75 Å². The number of urea groups is 1. The smallest absolute Gasteiger partial charge is 0.410 e. The number of benzene rings is 2. The number of nitrogens with zero attached hydrogens (tertiary/aromatic N) is 4. The number of ether oxygens (including phenoxy) is 1. The molecule has 1 atom stereocenters. The van der Waals surface area contributed by atoms with Crippen molar-refractivity contribution in [3.63, 3.8) is 0 Å². The molecule has 0 bridgehead atoms. The lowest BCUT2D eigenvalue weighted by Crippen LogP contribution is -2.54. The van der Waals surface area contributed by atoms with Crippen molar-refractivity contribution in [3.05, 3.63) is 58.7 Å². The largest absolute Gasteiger partial charge is 0.507 e. The number of phenolic OH excluding ortho intramolecular Hbond substituents is 1. The Balaban J connectivity index is 0.00000400. The van der Waals surface area contributed by atoms with Crippen LogP contribution in [0.3, 0.4) is 0 Å². The molecular formula is C35H49N5O5. The third kappa shape index (κ3) is 7.72. The lowest BCUT2D eigenvalue weighted by Gasteiger charge is -2.38. The quantitative estimate of drug-likeness (QED) is 0.461. The van der Waals surface area contributed by atoms with Crippen molar-refractivity contribution >= 4 is 23.7 Å². The van der Waals surface area contributed by atoms with Gasteiger partial charge in [-0.25, -0.2) is 9.59 Å². The van der Waals surface area contributed by atoms with Crippen LogP contribution in [0.15, 0.2) is 36.4 Å². The normalized spacial score (nSPS) is 20.0. The zero-order valence-electron chi connectivity index (χ0n) is 26.0. The van der Waals surface area contributed by atoms with Crippen LogP contribution in [-0.2, 0) is 22.4 Å². The van der Waals surface area contributed by atoms with Crippen LogP contribution in [0.4, 0.5) is 15.3 Å². The third-order valence-corrected chi connectivity index (χ3v) is 9.69. The predicted molar refractivity (Wildman–Crippen MR) is 174 cm³/mol. The Kier molecular flexibility index (Phi) is 10.2. The standard InChI is InChI=1S/C34H45N5O5.CH4/c1-23-19-26(20-24(2)31(23)40)21-30(32(41)37-17-15-36(16-18-37)22-25-7-8-25)44-34(43)38-12-10-28(11-13-38)39-14-9-27-5-3-4-6-29(27)35-33(39)42;/h3-6,19-20,25,28,30,40H,7-18,21-22H2,1-2H3,(H,35,42);1H4/t30-;/m1./s1. The molecule has 2 aromatic carbocycles. The lowest BCUT2D eigenvalue weighted by atomic mass is 10.0. The molecule has 2 saturated heterocycles. The van der Waals surface area contributed by atoms with Crippen molar-refractivity contribution < 1.29 is 24.2 Å². The highest BCUT2D eigenvalue weighted by atomic mass is 16.6. The van der Waals surface area contributed by atoms with Gasteiger partial charge in [0.2, 0.25) is 0 Å². The molecule has 2 N–H and O–H groups in total. The van der Waals surface area contributed by atoms with Gasteiger partial charge in [0.05, 0.1) is 0 Å². The number of para-hydroxylation sites is 1. The number of piperazine rings is 1. The zero-order valence-corrected chi connectivity index (χ0v) is 26.0. The summed E-state index contributed by atoms with van der Waals surface area (Å²) in [5.74, 6) is 0.884. The summed E-state index contributed by atoms with van der Waals surface area (Å²) in [5.41, 5.74) is 4.30. The first kappa shape index (κ1) is 32.6. The van der Waals surface area contributed by atoms with Gasteiger partial charge < -0.3 is 29.9 Å². The van der Waals surface area contributed by atoms with E-state index < -0.39 is 12.2 Å². The van der Waals surface area contributed by atoms with Gasteiger partial charge in [-0.15, -0.1) is 0 Å². The van der Waals surface area contributed by atoms with E-state index in [2.05, 4.69) is 10.2 Å². The van der Waals surface area contributed by atoms with Crippen LogP contribution in [0.5, 0.6) is 5.75 Å². The van der Waals surface area contributed by atoms with Crippen LogP contribution in [0.2, 0.25) is 0 Å². The van der Waals surface area contributed by atoms with Crippen LogP contribution >= 0.6 is 0 Å². The molecule has 0 unspecified atom stereocenters. The average Bonchev–Trinajstić information content (AvgIpc) is 3.86. The summed E-state index contributed by atoms with van der Waals surface area (Å²) in [6, 6.07) is 11.5. The molecule has 4 amide bonds.